The second-order valence-electron chi connectivity index (χ2n) is 3.10. The summed E-state index contributed by atoms with van der Waals surface area (Å²) in [4.78, 5) is 4.02. The Morgan fingerprint density at radius 2 is 2.00 bits per heavy atom. The van der Waals surface area contributed by atoms with Crippen LogP contribution in [0.25, 0.3) is 11.3 Å². The van der Waals surface area contributed by atoms with Crippen molar-refractivity contribution in [3.63, 3.8) is 0 Å². The first-order valence-corrected chi connectivity index (χ1v) is 4.42. The highest BCUT2D eigenvalue weighted by molar-refractivity contribution is 5.56. The fourth-order valence-electron chi connectivity index (χ4n) is 1.27. The maximum absolute atomic E-state index is 8.87. The monoisotopic (exact) mass is 189 g/mol. The molecule has 0 aliphatic heterocycles. The van der Waals surface area contributed by atoms with Crippen LogP contribution in [0.5, 0.6) is 0 Å². The van der Waals surface area contributed by atoms with Gasteiger partial charge in [-0.3, -0.25) is 0 Å². The van der Waals surface area contributed by atoms with E-state index in [0.717, 1.165) is 16.9 Å². The molecule has 0 atom stereocenters. The third-order valence-corrected chi connectivity index (χ3v) is 2.04. The molecule has 0 aliphatic rings. The zero-order valence-corrected chi connectivity index (χ0v) is 7.90. The van der Waals surface area contributed by atoms with Crippen LogP contribution in [-0.2, 0) is 6.61 Å². The highest BCUT2D eigenvalue weighted by Gasteiger charge is 2.02. The Morgan fingerprint density at radius 1 is 1.29 bits per heavy atom. The lowest BCUT2D eigenvalue weighted by Crippen LogP contribution is -1.81. The van der Waals surface area contributed by atoms with Crippen LogP contribution in [-0.4, -0.2) is 10.1 Å². The maximum atomic E-state index is 8.87. The third-order valence-electron chi connectivity index (χ3n) is 2.04. The molecule has 0 saturated carbocycles. The number of aliphatic hydroxyl groups is 1. The van der Waals surface area contributed by atoms with Crippen LogP contribution in [0.15, 0.2) is 34.9 Å². The van der Waals surface area contributed by atoms with Crippen LogP contribution in [0, 0.1) is 6.92 Å². The van der Waals surface area contributed by atoms with E-state index in [0.29, 0.717) is 5.89 Å². The number of aromatic nitrogens is 1. The lowest BCUT2D eigenvalue weighted by molar-refractivity contribution is 0.282. The third kappa shape index (κ3) is 1.67. The van der Waals surface area contributed by atoms with Gasteiger partial charge in [-0.15, -0.1) is 0 Å². The van der Waals surface area contributed by atoms with Gasteiger partial charge in [0.15, 0.2) is 11.7 Å². The van der Waals surface area contributed by atoms with Gasteiger partial charge in [-0.1, -0.05) is 24.3 Å². The van der Waals surface area contributed by atoms with Crippen LogP contribution in [0.1, 0.15) is 11.5 Å². The smallest absolute Gasteiger partial charge is 0.191 e. The normalized spacial score (nSPS) is 10.4. The average Bonchev–Trinajstić information content (AvgIpc) is 2.65. The van der Waals surface area contributed by atoms with Crippen molar-refractivity contribution in [1.29, 1.82) is 0 Å². The molecule has 2 aromatic rings. The number of hydrogen-bond acceptors (Lipinski definition) is 3. The molecular weight excluding hydrogens is 178 g/mol. The zero-order valence-electron chi connectivity index (χ0n) is 7.90. The summed E-state index contributed by atoms with van der Waals surface area (Å²) >= 11 is 0. The molecule has 0 amide bonds. The van der Waals surface area contributed by atoms with E-state index in [-0.39, 0.29) is 6.61 Å². The molecule has 0 saturated heterocycles. The van der Waals surface area contributed by atoms with Gasteiger partial charge in [0.1, 0.15) is 0 Å². The molecule has 3 heteroatoms. The Hall–Kier alpha value is -1.61. The molecule has 1 aromatic heterocycles. The van der Waals surface area contributed by atoms with E-state index in [1.54, 1.807) is 6.20 Å². The number of rotatable bonds is 2. The van der Waals surface area contributed by atoms with Crippen LogP contribution < -0.4 is 0 Å². The topological polar surface area (TPSA) is 46.3 Å². The number of nitrogens with zero attached hydrogens (tertiary/aromatic N) is 1. The van der Waals surface area contributed by atoms with Gasteiger partial charge in [0.05, 0.1) is 12.8 Å². The molecule has 1 aromatic carbocycles. The molecule has 0 aliphatic carbocycles. The minimum atomic E-state index is 0.0652. The lowest BCUT2D eigenvalue weighted by Gasteiger charge is -1.97. The molecule has 0 bridgehead atoms. The molecule has 0 fully saturated rings. The van der Waals surface area contributed by atoms with E-state index in [4.69, 9.17) is 9.52 Å². The van der Waals surface area contributed by atoms with Gasteiger partial charge in [0, 0.05) is 12.5 Å². The predicted molar refractivity (Wildman–Crippen MR) is 52.6 cm³/mol. The molecule has 0 unspecified atom stereocenters. The first-order chi connectivity index (χ1) is 6.79. The molecule has 14 heavy (non-hydrogen) atoms. The van der Waals surface area contributed by atoms with Crippen molar-refractivity contribution < 1.29 is 9.52 Å². The largest absolute Gasteiger partial charge is 0.441 e. The lowest BCUT2D eigenvalue weighted by atomic mass is 10.1. The van der Waals surface area contributed by atoms with Crippen LogP contribution in [0.3, 0.4) is 0 Å². The van der Waals surface area contributed by atoms with Gasteiger partial charge in [-0.05, 0) is 5.56 Å². The number of aliphatic hydroxyl groups excluding tert-OH is 1. The Kier molecular flexibility index (Phi) is 2.33. The molecular formula is C11H11NO2. The van der Waals surface area contributed by atoms with E-state index in [2.05, 4.69) is 4.98 Å². The van der Waals surface area contributed by atoms with Crippen molar-refractivity contribution in [1.82, 2.24) is 4.98 Å². The second-order valence-corrected chi connectivity index (χ2v) is 3.10. The predicted octanol–water partition coefficient (Wildman–Crippen LogP) is 2.14. The molecule has 1 heterocycles. The summed E-state index contributed by atoms with van der Waals surface area (Å²) in [6.07, 6.45) is 1.70. The Morgan fingerprint density at radius 3 is 2.50 bits per heavy atom. The Labute approximate surface area is 82.0 Å². The van der Waals surface area contributed by atoms with Gasteiger partial charge in [-0.25, -0.2) is 4.98 Å². The van der Waals surface area contributed by atoms with Gasteiger partial charge in [-0.2, -0.15) is 0 Å². The first-order valence-electron chi connectivity index (χ1n) is 4.42. The number of aryl methyl sites for hydroxylation is 1. The summed E-state index contributed by atoms with van der Waals surface area (Å²) in [6.45, 7) is 1.88. The van der Waals surface area contributed by atoms with E-state index in [1.807, 2.05) is 31.2 Å². The molecule has 2 rings (SSSR count). The SMILES string of the molecule is Cc1ncc(-c2ccc(CO)cc2)o1. The highest BCUT2D eigenvalue weighted by atomic mass is 16.4. The van der Waals surface area contributed by atoms with E-state index < -0.39 is 0 Å². The van der Waals surface area contributed by atoms with Crippen molar-refractivity contribution in [2.24, 2.45) is 0 Å². The van der Waals surface area contributed by atoms with Crippen molar-refractivity contribution in [3.8, 4) is 11.3 Å². The summed E-state index contributed by atoms with van der Waals surface area (Å²) in [5.41, 5.74) is 1.87. The number of hydrogen-bond donors (Lipinski definition) is 1. The summed E-state index contributed by atoms with van der Waals surface area (Å²) in [6, 6.07) is 7.55. The van der Waals surface area contributed by atoms with E-state index in [1.165, 1.54) is 0 Å². The highest BCUT2D eigenvalue weighted by Crippen LogP contribution is 2.20. The number of oxazole rings is 1. The molecule has 0 spiro atoms. The second kappa shape index (κ2) is 3.64. The standard InChI is InChI=1S/C11H11NO2/c1-8-12-6-11(14-8)10-4-2-9(7-13)3-5-10/h2-6,13H,7H2,1H3. The van der Waals surface area contributed by atoms with E-state index >= 15 is 0 Å². The van der Waals surface area contributed by atoms with Gasteiger partial charge in [0.2, 0.25) is 0 Å². The maximum Gasteiger partial charge on any atom is 0.191 e. The van der Waals surface area contributed by atoms with Gasteiger partial charge >= 0.3 is 0 Å². The molecule has 72 valence electrons. The summed E-state index contributed by atoms with van der Waals surface area (Å²) in [5, 5.41) is 8.87. The number of benzene rings is 1. The van der Waals surface area contributed by atoms with E-state index in [9.17, 15) is 0 Å². The fraction of sp³-hybridized carbons (Fsp3) is 0.182. The minimum Gasteiger partial charge on any atom is -0.441 e. The van der Waals surface area contributed by atoms with Crippen LogP contribution in [0.4, 0.5) is 0 Å². The quantitative estimate of drug-likeness (QED) is 0.787. The molecule has 1 N–H and O–H groups in total. The van der Waals surface area contributed by atoms with Crippen molar-refractivity contribution in [3.05, 3.63) is 41.9 Å². The van der Waals surface area contributed by atoms with Crippen LogP contribution >= 0.6 is 0 Å². The summed E-state index contributed by atoms with van der Waals surface area (Å²) in [5.74, 6) is 1.42. The molecule has 0 radical (unpaired) electrons. The van der Waals surface area contributed by atoms with Crippen molar-refractivity contribution >= 4 is 0 Å². The van der Waals surface area contributed by atoms with Gasteiger partial charge in [0.25, 0.3) is 0 Å². The van der Waals surface area contributed by atoms with Gasteiger partial charge < -0.3 is 9.52 Å². The van der Waals surface area contributed by atoms with Crippen molar-refractivity contribution in [2.75, 3.05) is 0 Å². The first kappa shape index (κ1) is 8.97. The summed E-state index contributed by atoms with van der Waals surface area (Å²) in [7, 11) is 0. The summed E-state index contributed by atoms with van der Waals surface area (Å²) < 4.78 is 5.37. The van der Waals surface area contributed by atoms with Crippen molar-refractivity contribution in [2.45, 2.75) is 13.5 Å². The van der Waals surface area contributed by atoms with Crippen LogP contribution in [0.2, 0.25) is 0 Å². The zero-order chi connectivity index (χ0) is 9.97. The fourth-order valence-corrected chi connectivity index (χ4v) is 1.27. The molecule has 3 nitrogen and oxygen atoms in total. The average molecular weight is 189 g/mol. The Bertz CT molecular complexity index is 417. The minimum absolute atomic E-state index is 0.0652. The Balaban J connectivity index is 2.33.